The van der Waals surface area contributed by atoms with Gasteiger partial charge < -0.3 is 10.1 Å². The van der Waals surface area contributed by atoms with Crippen LogP contribution in [0.2, 0.25) is 0 Å². The van der Waals surface area contributed by atoms with Gasteiger partial charge in [0.1, 0.15) is 5.69 Å². The van der Waals surface area contributed by atoms with Crippen LogP contribution in [-0.4, -0.2) is 16.1 Å². The van der Waals surface area contributed by atoms with Crippen molar-refractivity contribution in [1.29, 1.82) is 0 Å². The summed E-state index contributed by atoms with van der Waals surface area (Å²) in [5.74, 6) is -0.925. The van der Waals surface area contributed by atoms with Crippen molar-refractivity contribution in [2.24, 2.45) is 0 Å². The number of carboxylic acids is 1. The number of aromatic amines is 1. The fraction of sp³-hybridized carbons (Fsp3) is 0.154. The molecule has 3 heteroatoms. The van der Waals surface area contributed by atoms with Crippen LogP contribution < -0.4 is 0 Å². The van der Waals surface area contributed by atoms with Crippen LogP contribution in [0.1, 0.15) is 23.0 Å². The first kappa shape index (κ1) is 10.5. The van der Waals surface area contributed by atoms with Gasteiger partial charge in [0.15, 0.2) is 0 Å². The average molecular weight is 215 g/mol. The van der Waals surface area contributed by atoms with E-state index < -0.39 is 5.97 Å². The molecule has 0 aliphatic carbocycles. The predicted octanol–water partition coefficient (Wildman–Crippen LogP) is 2.94. The number of aromatic nitrogens is 1. The van der Waals surface area contributed by atoms with E-state index in [0.29, 0.717) is 0 Å². The highest BCUT2D eigenvalue weighted by molar-refractivity contribution is 5.94. The van der Waals surface area contributed by atoms with Crippen LogP contribution >= 0.6 is 0 Å². The highest BCUT2D eigenvalue weighted by Gasteiger charge is 2.14. The number of benzene rings is 1. The molecule has 0 atom stereocenters. The van der Waals surface area contributed by atoms with Gasteiger partial charge in [0.2, 0.25) is 0 Å². The minimum atomic E-state index is -0.925. The van der Waals surface area contributed by atoms with Crippen molar-refractivity contribution in [3.8, 4) is 11.1 Å². The molecule has 16 heavy (non-hydrogen) atoms. The fourth-order valence-corrected chi connectivity index (χ4v) is 1.86. The summed E-state index contributed by atoms with van der Waals surface area (Å²) in [6.45, 7) is 2.06. The smallest absolute Gasteiger partial charge is 0.352 e. The molecular formula is C13H13NO2. The maximum absolute atomic E-state index is 11.0. The van der Waals surface area contributed by atoms with E-state index in [-0.39, 0.29) is 5.69 Å². The van der Waals surface area contributed by atoms with Gasteiger partial charge in [-0.25, -0.2) is 4.79 Å². The maximum Gasteiger partial charge on any atom is 0.352 e. The van der Waals surface area contributed by atoms with Crippen LogP contribution in [0.3, 0.4) is 0 Å². The number of carboxylic acid groups (broad SMARTS) is 1. The molecule has 1 aromatic carbocycles. The van der Waals surface area contributed by atoms with Gasteiger partial charge in [0.05, 0.1) is 0 Å². The normalized spacial score (nSPS) is 10.3. The molecule has 1 aromatic heterocycles. The second-order valence-corrected chi connectivity index (χ2v) is 3.58. The molecule has 2 aromatic rings. The van der Waals surface area contributed by atoms with E-state index in [1.54, 1.807) is 12.3 Å². The molecule has 0 fully saturated rings. The van der Waals surface area contributed by atoms with Crippen molar-refractivity contribution in [2.45, 2.75) is 13.3 Å². The van der Waals surface area contributed by atoms with Gasteiger partial charge in [-0.2, -0.15) is 0 Å². The number of hydrogen-bond acceptors (Lipinski definition) is 1. The van der Waals surface area contributed by atoms with E-state index in [1.165, 1.54) is 0 Å². The minimum absolute atomic E-state index is 0.251. The third kappa shape index (κ3) is 1.72. The fourth-order valence-electron chi connectivity index (χ4n) is 1.86. The lowest BCUT2D eigenvalue weighted by Gasteiger charge is -2.06. The lowest BCUT2D eigenvalue weighted by molar-refractivity contribution is 0.0692. The van der Waals surface area contributed by atoms with Crippen LogP contribution in [0.15, 0.2) is 36.5 Å². The molecule has 0 radical (unpaired) electrons. The summed E-state index contributed by atoms with van der Waals surface area (Å²) < 4.78 is 0. The van der Waals surface area contributed by atoms with Crippen LogP contribution in [0.5, 0.6) is 0 Å². The number of hydrogen-bond donors (Lipinski definition) is 2. The first-order chi connectivity index (χ1) is 7.74. The van der Waals surface area contributed by atoms with E-state index in [2.05, 4.69) is 11.9 Å². The lowest BCUT2D eigenvalue weighted by atomic mass is 9.98. The standard InChI is InChI=1S/C13H13NO2/c1-2-9-5-3-4-6-10(9)11-7-8-14-12(11)13(15)16/h3-8,14H,2H2,1H3,(H,15,16). The van der Waals surface area contributed by atoms with Crippen molar-refractivity contribution < 1.29 is 9.90 Å². The molecule has 0 unspecified atom stereocenters. The Balaban J connectivity index is 2.58. The van der Waals surface area contributed by atoms with Gasteiger partial charge in [-0.3, -0.25) is 0 Å². The molecule has 0 aliphatic rings. The summed E-state index contributed by atoms with van der Waals surface area (Å²) in [7, 11) is 0. The number of aromatic carboxylic acids is 1. The summed E-state index contributed by atoms with van der Waals surface area (Å²) in [5.41, 5.74) is 3.15. The number of aryl methyl sites for hydroxylation is 1. The Kier molecular flexibility index (Phi) is 2.77. The van der Waals surface area contributed by atoms with Crippen LogP contribution in [-0.2, 0) is 6.42 Å². The molecule has 0 saturated carbocycles. The van der Waals surface area contributed by atoms with Gasteiger partial charge in [0.25, 0.3) is 0 Å². The number of rotatable bonds is 3. The zero-order valence-corrected chi connectivity index (χ0v) is 9.03. The Morgan fingerprint density at radius 2 is 2.00 bits per heavy atom. The third-order valence-corrected chi connectivity index (χ3v) is 2.65. The van der Waals surface area contributed by atoms with Gasteiger partial charge >= 0.3 is 5.97 Å². The monoisotopic (exact) mass is 215 g/mol. The summed E-state index contributed by atoms with van der Waals surface area (Å²) in [4.78, 5) is 13.8. The van der Waals surface area contributed by atoms with E-state index in [1.807, 2.05) is 24.3 Å². The highest BCUT2D eigenvalue weighted by atomic mass is 16.4. The van der Waals surface area contributed by atoms with Crippen LogP contribution in [0, 0.1) is 0 Å². The Morgan fingerprint density at radius 3 is 2.69 bits per heavy atom. The third-order valence-electron chi connectivity index (χ3n) is 2.65. The number of nitrogens with one attached hydrogen (secondary N) is 1. The van der Waals surface area contributed by atoms with Crippen molar-refractivity contribution >= 4 is 5.97 Å². The van der Waals surface area contributed by atoms with E-state index in [9.17, 15) is 4.79 Å². The Labute approximate surface area is 93.7 Å². The van der Waals surface area contributed by atoms with Crippen LogP contribution in [0.4, 0.5) is 0 Å². The molecule has 0 aliphatic heterocycles. The Morgan fingerprint density at radius 1 is 1.25 bits per heavy atom. The van der Waals surface area contributed by atoms with E-state index in [4.69, 9.17) is 5.11 Å². The lowest BCUT2D eigenvalue weighted by Crippen LogP contribution is -1.99. The predicted molar refractivity (Wildman–Crippen MR) is 62.6 cm³/mol. The molecular weight excluding hydrogens is 202 g/mol. The number of H-pyrrole nitrogens is 1. The highest BCUT2D eigenvalue weighted by Crippen LogP contribution is 2.26. The van der Waals surface area contributed by atoms with E-state index in [0.717, 1.165) is 23.1 Å². The second kappa shape index (κ2) is 4.23. The summed E-state index contributed by atoms with van der Waals surface area (Å²) in [5, 5.41) is 9.05. The molecule has 0 spiro atoms. The number of carbonyl (C=O) groups is 1. The van der Waals surface area contributed by atoms with Gasteiger partial charge in [-0.05, 0) is 23.6 Å². The molecule has 0 saturated heterocycles. The van der Waals surface area contributed by atoms with Crippen molar-refractivity contribution in [3.05, 3.63) is 47.8 Å². The largest absolute Gasteiger partial charge is 0.477 e. The Bertz CT molecular complexity index is 514. The summed E-state index contributed by atoms with van der Waals surface area (Å²) in [6, 6.07) is 9.67. The molecule has 3 nitrogen and oxygen atoms in total. The van der Waals surface area contributed by atoms with Crippen LogP contribution in [0.25, 0.3) is 11.1 Å². The maximum atomic E-state index is 11.0. The van der Waals surface area contributed by atoms with Crippen molar-refractivity contribution in [1.82, 2.24) is 4.98 Å². The first-order valence-electron chi connectivity index (χ1n) is 5.23. The summed E-state index contributed by atoms with van der Waals surface area (Å²) >= 11 is 0. The molecule has 0 bridgehead atoms. The van der Waals surface area contributed by atoms with E-state index >= 15 is 0 Å². The molecule has 2 N–H and O–H groups in total. The quantitative estimate of drug-likeness (QED) is 0.827. The van der Waals surface area contributed by atoms with Gasteiger partial charge in [0, 0.05) is 11.8 Å². The first-order valence-corrected chi connectivity index (χ1v) is 5.23. The second-order valence-electron chi connectivity index (χ2n) is 3.58. The van der Waals surface area contributed by atoms with Crippen molar-refractivity contribution in [2.75, 3.05) is 0 Å². The topological polar surface area (TPSA) is 53.1 Å². The SMILES string of the molecule is CCc1ccccc1-c1cc[nH]c1C(=O)O. The molecule has 2 rings (SSSR count). The zero-order chi connectivity index (χ0) is 11.5. The Hall–Kier alpha value is -2.03. The minimum Gasteiger partial charge on any atom is -0.477 e. The molecule has 82 valence electrons. The van der Waals surface area contributed by atoms with Gasteiger partial charge in [-0.1, -0.05) is 31.2 Å². The average Bonchev–Trinajstić information content (AvgIpc) is 2.77. The van der Waals surface area contributed by atoms with Crippen molar-refractivity contribution in [3.63, 3.8) is 0 Å². The zero-order valence-electron chi connectivity index (χ0n) is 9.03. The summed E-state index contributed by atoms with van der Waals surface area (Å²) in [6.07, 6.45) is 2.55. The molecule has 0 amide bonds. The molecule has 1 heterocycles. The van der Waals surface area contributed by atoms with Gasteiger partial charge in [-0.15, -0.1) is 0 Å².